The van der Waals surface area contributed by atoms with Crippen LogP contribution in [0, 0.1) is 0 Å². The largest absolute Gasteiger partial charge is 0.354 e. The van der Waals surface area contributed by atoms with Crippen molar-refractivity contribution in [2.45, 2.75) is 71.4 Å². The molecule has 1 aromatic heterocycles. The second-order valence-corrected chi connectivity index (χ2v) is 7.42. The second-order valence-electron chi connectivity index (χ2n) is 7.42. The number of nitrogens with one attached hydrogen (secondary N) is 3. The predicted octanol–water partition coefficient (Wildman–Crippen LogP) is 3.04. The minimum atomic E-state index is -0.388. The van der Waals surface area contributed by atoms with Gasteiger partial charge in [0.05, 0.1) is 0 Å². The van der Waals surface area contributed by atoms with Gasteiger partial charge in [-0.25, -0.2) is 0 Å². The lowest BCUT2D eigenvalue weighted by molar-refractivity contribution is -0.130. The Labute approximate surface area is 172 Å². The first-order valence-corrected chi connectivity index (χ1v) is 10.4. The molecular formula is C22H32N4O3. The standard InChI is InChI=1S/C22H32N4O3/c1-3-4-5-6-9-17(2)23-20(27)12-13-21(28)24-25-22(29)16-26-15-14-18-10-7-8-11-19(18)26/h7-8,10-11,14-15,17H,3-6,9,12-13,16H2,1-2H3,(H,23,27)(H,24,28)(H,25,29). The highest BCUT2D eigenvalue weighted by atomic mass is 16.2. The van der Waals surface area contributed by atoms with E-state index >= 15 is 0 Å². The summed E-state index contributed by atoms with van der Waals surface area (Å²) < 4.78 is 1.81. The van der Waals surface area contributed by atoms with E-state index in [-0.39, 0.29) is 43.1 Å². The van der Waals surface area contributed by atoms with Gasteiger partial charge in [0.15, 0.2) is 0 Å². The van der Waals surface area contributed by atoms with Crippen molar-refractivity contribution in [1.82, 2.24) is 20.7 Å². The average molecular weight is 401 g/mol. The number of para-hydroxylation sites is 1. The molecular weight excluding hydrogens is 368 g/mol. The van der Waals surface area contributed by atoms with E-state index in [2.05, 4.69) is 23.1 Å². The van der Waals surface area contributed by atoms with E-state index in [0.717, 1.165) is 23.7 Å². The van der Waals surface area contributed by atoms with Crippen LogP contribution in [0.5, 0.6) is 0 Å². The van der Waals surface area contributed by atoms with Crippen molar-refractivity contribution in [1.29, 1.82) is 0 Å². The summed E-state index contributed by atoms with van der Waals surface area (Å²) in [5, 5.41) is 3.97. The molecule has 0 aliphatic heterocycles. The first-order valence-electron chi connectivity index (χ1n) is 10.4. The Morgan fingerprint density at radius 3 is 2.45 bits per heavy atom. The third-order valence-electron chi connectivity index (χ3n) is 4.81. The van der Waals surface area contributed by atoms with E-state index in [4.69, 9.17) is 0 Å². The van der Waals surface area contributed by atoms with Crippen molar-refractivity contribution in [3.63, 3.8) is 0 Å². The summed E-state index contributed by atoms with van der Waals surface area (Å²) in [7, 11) is 0. The zero-order valence-corrected chi connectivity index (χ0v) is 17.4. The number of aromatic nitrogens is 1. The molecule has 0 saturated heterocycles. The van der Waals surface area contributed by atoms with E-state index in [1.165, 1.54) is 19.3 Å². The average Bonchev–Trinajstić information content (AvgIpc) is 3.11. The Balaban J connectivity index is 1.62. The van der Waals surface area contributed by atoms with Gasteiger partial charge < -0.3 is 9.88 Å². The number of amides is 3. The van der Waals surface area contributed by atoms with Crippen molar-refractivity contribution < 1.29 is 14.4 Å². The van der Waals surface area contributed by atoms with Crippen molar-refractivity contribution in [3.8, 4) is 0 Å². The highest BCUT2D eigenvalue weighted by molar-refractivity contribution is 5.86. The van der Waals surface area contributed by atoms with Crippen LogP contribution in [0.25, 0.3) is 10.9 Å². The first kappa shape index (κ1) is 22.5. The summed E-state index contributed by atoms with van der Waals surface area (Å²) in [6.07, 6.45) is 7.59. The van der Waals surface area contributed by atoms with Gasteiger partial charge >= 0.3 is 0 Å². The van der Waals surface area contributed by atoms with Crippen LogP contribution in [0.4, 0.5) is 0 Å². The lowest BCUT2D eigenvalue weighted by Gasteiger charge is -2.14. The van der Waals surface area contributed by atoms with Crippen LogP contribution in [-0.4, -0.2) is 28.3 Å². The van der Waals surface area contributed by atoms with E-state index in [9.17, 15) is 14.4 Å². The maximum atomic E-state index is 12.1. The highest BCUT2D eigenvalue weighted by Crippen LogP contribution is 2.14. The van der Waals surface area contributed by atoms with Crippen molar-refractivity contribution in [3.05, 3.63) is 36.5 Å². The molecule has 7 nitrogen and oxygen atoms in total. The van der Waals surface area contributed by atoms with Gasteiger partial charge in [0.2, 0.25) is 11.8 Å². The molecule has 2 rings (SSSR count). The summed E-state index contributed by atoms with van der Waals surface area (Å²) in [6.45, 7) is 4.25. The number of hydrogen-bond donors (Lipinski definition) is 3. The lowest BCUT2D eigenvalue weighted by atomic mass is 10.1. The zero-order valence-electron chi connectivity index (χ0n) is 17.4. The van der Waals surface area contributed by atoms with Crippen LogP contribution in [0.3, 0.4) is 0 Å². The zero-order chi connectivity index (χ0) is 21.1. The molecule has 158 valence electrons. The van der Waals surface area contributed by atoms with E-state index in [1.807, 2.05) is 48.0 Å². The minimum absolute atomic E-state index is 0.0289. The molecule has 0 aliphatic rings. The van der Waals surface area contributed by atoms with Gasteiger partial charge in [-0.05, 0) is 30.9 Å². The highest BCUT2D eigenvalue weighted by Gasteiger charge is 2.11. The number of nitrogens with zero attached hydrogens (tertiary/aromatic N) is 1. The minimum Gasteiger partial charge on any atom is -0.354 e. The van der Waals surface area contributed by atoms with Crippen LogP contribution in [0.2, 0.25) is 0 Å². The van der Waals surface area contributed by atoms with Gasteiger partial charge in [-0.2, -0.15) is 0 Å². The Hall–Kier alpha value is -2.83. The number of benzene rings is 1. The van der Waals surface area contributed by atoms with Crippen LogP contribution >= 0.6 is 0 Å². The summed E-state index contributed by atoms with van der Waals surface area (Å²) in [6, 6.07) is 9.81. The Morgan fingerprint density at radius 2 is 1.66 bits per heavy atom. The molecule has 0 spiro atoms. The van der Waals surface area contributed by atoms with E-state index < -0.39 is 0 Å². The molecule has 3 N–H and O–H groups in total. The molecule has 1 aromatic carbocycles. The summed E-state index contributed by atoms with van der Waals surface area (Å²) >= 11 is 0. The molecule has 0 fully saturated rings. The SMILES string of the molecule is CCCCCCC(C)NC(=O)CCC(=O)NNC(=O)Cn1ccc2ccccc21. The molecule has 3 amide bonds. The molecule has 0 bridgehead atoms. The van der Waals surface area contributed by atoms with Crippen molar-refractivity contribution >= 4 is 28.6 Å². The normalized spacial score (nSPS) is 11.8. The second kappa shape index (κ2) is 11.9. The fourth-order valence-electron chi connectivity index (χ4n) is 3.20. The van der Waals surface area contributed by atoms with Crippen LogP contribution < -0.4 is 16.2 Å². The van der Waals surface area contributed by atoms with Gasteiger partial charge in [0, 0.05) is 30.6 Å². The maximum absolute atomic E-state index is 12.1. The molecule has 0 saturated carbocycles. The first-order chi connectivity index (χ1) is 14.0. The molecule has 2 aromatic rings. The Bertz CT molecular complexity index is 815. The third-order valence-corrected chi connectivity index (χ3v) is 4.81. The summed E-state index contributed by atoms with van der Waals surface area (Å²) in [5.74, 6) is -0.861. The fraction of sp³-hybridized carbons (Fsp3) is 0.500. The molecule has 7 heteroatoms. The van der Waals surface area contributed by atoms with Gasteiger partial charge in [0.25, 0.3) is 5.91 Å². The number of hydrazine groups is 1. The number of carbonyl (C=O) groups excluding carboxylic acids is 3. The van der Waals surface area contributed by atoms with Crippen LogP contribution in [-0.2, 0) is 20.9 Å². The third kappa shape index (κ3) is 7.97. The number of hydrogen-bond acceptors (Lipinski definition) is 3. The number of fused-ring (bicyclic) bond motifs is 1. The fourth-order valence-corrected chi connectivity index (χ4v) is 3.20. The van der Waals surface area contributed by atoms with Gasteiger partial charge in [-0.3, -0.25) is 25.2 Å². The smallest absolute Gasteiger partial charge is 0.258 e. The molecule has 1 atom stereocenters. The lowest BCUT2D eigenvalue weighted by Crippen LogP contribution is -2.43. The van der Waals surface area contributed by atoms with E-state index in [0.29, 0.717) is 0 Å². The van der Waals surface area contributed by atoms with Crippen molar-refractivity contribution in [2.24, 2.45) is 0 Å². The van der Waals surface area contributed by atoms with Gasteiger partial charge in [0.1, 0.15) is 6.54 Å². The monoisotopic (exact) mass is 400 g/mol. The predicted molar refractivity (Wildman–Crippen MR) is 114 cm³/mol. The van der Waals surface area contributed by atoms with E-state index in [1.54, 1.807) is 0 Å². The number of carbonyl (C=O) groups is 3. The Kier molecular flexibility index (Phi) is 9.21. The summed E-state index contributed by atoms with van der Waals surface area (Å²) in [4.78, 5) is 35.9. The number of unbranched alkanes of at least 4 members (excludes halogenated alkanes) is 3. The van der Waals surface area contributed by atoms with Crippen molar-refractivity contribution in [2.75, 3.05) is 0 Å². The topological polar surface area (TPSA) is 92.2 Å². The quantitative estimate of drug-likeness (QED) is 0.400. The van der Waals surface area contributed by atoms with Crippen LogP contribution in [0.15, 0.2) is 36.5 Å². The molecule has 1 heterocycles. The number of rotatable bonds is 11. The Morgan fingerprint density at radius 1 is 0.931 bits per heavy atom. The van der Waals surface area contributed by atoms with Gasteiger partial charge in [-0.1, -0.05) is 50.8 Å². The van der Waals surface area contributed by atoms with Crippen LogP contribution in [0.1, 0.15) is 58.8 Å². The molecule has 0 aliphatic carbocycles. The molecule has 0 radical (unpaired) electrons. The van der Waals surface area contributed by atoms with Gasteiger partial charge in [-0.15, -0.1) is 0 Å². The molecule has 1 unspecified atom stereocenters. The maximum Gasteiger partial charge on any atom is 0.258 e. The summed E-state index contributed by atoms with van der Waals surface area (Å²) in [5.41, 5.74) is 5.72. The molecule has 29 heavy (non-hydrogen) atoms.